The van der Waals surface area contributed by atoms with Gasteiger partial charge in [-0.05, 0) is 29.3 Å². The summed E-state index contributed by atoms with van der Waals surface area (Å²) in [6.45, 7) is 3.27. The van der Waals surface area contributed by atoms with Gasteiger partial charge in [0.2, 0.25) is 0 Å². The van der Waals surface area contributed by atoms with Gasteiger partial charge in [-0.3, -0.25) is 9.78 Å². The van der Waals surface area contributed by atoms with Gasteiger partial charge in [-0.15, -0.1) is 0 Å². The zero-order valence-corrected chi connectivity index (χ0v) is 15.6. The van der Waals surface area contributed by atoms with Gasteiger partial charge in [-0.2, -0.15) is 0 Å². The molecule has 1 aliphatic heterocycles. The van der Waals surface area contributed by atoms with Crippen LogP contribution in [0.4, 0.5) is 10.1 Å². The van der Waals surface area contributed by atoms with E-state index >= 15 is 0 Å². The van der Waals surface area contributed by atoms with Crippen molar-refractivity contribution in [2.75, 3.05) is 31.1 Å². The van der Waals surface area contributed by atoms with Crippen LogP contribution in [0, 0.1) is 5.82 Å². The maximum absolute atomic E-state index is 14.7. The fourth-order valence-corrected chi connectivity index (χ4v) is 3.60. The summed E-state index contributed by atoms with van der Waals surface area (Å²) in [6.07, 6.45) is 3.61. The number of piperazine rings is 1. The Hall–Kier alpha value is -3.05. The number of carbonyl (C=O) groups is 1. The minimum absolute atomic E-state index is 0.0335. The predicted octanol–water partition coefficient (Wildman–Crippen LogP) is 3.72. The van der Waals surface area contributed by atoms with Crippen LogP contribution in [-0.2, 0) is 6.42 Å². The fourth-order valence-electron chi connectivity index (χ4n) is 3.60. The van der Waals surface area contributed by atoms with Gasteiger partial charge in [0, 0.05) is 56.1 Å². The average Bonchev–Trinajstić information content (AvgIpc) is 2.75. The molecule has 1 aromatic heterocycles. The zero-order valence-electron chi connectivity index (χ0n) is 15.6. The minimum atomic E-state index is -0.271. The van der Waals surface area contributed by atoms with E-state index < -0.39 is 0 Å². The summed E-state index contributed by atoms with van der Waals surface area (Å²) in [5, 5.41) is 3.27. The van der Waals surface area contributed by atoms with Crippen molar-refractivity contribution in [3.05, 3.63) is 83.9 Å². The lowest BCUT2D eigenvalue weighted by molar-refractivity contribution is 0.0993. The van der Waals surface area contributed by atoms with Crippen molar-refractivity contribution < 1.29 is 9.18 Å². The normalized spacial score (nSPS) is 14.1. The second-order valence-corrected chi connectivity index (χ2v) is 6.91. The maximum atomic E-state index is 14.7. The van der Waals surface area contributed by atoms with Gasteiger partial charge in [-0.25, -0.2) is 4.39 Å². The predicted molar refractivity (Wildman–Crippen MR) is 109 cm³/mol. The molecule has 0 atom stereocenters. The van der Waals surface area contributed by atoms with Crippen molar-refractivity contribution >= 4 is 11.5 Å². The standard InChI is InChI=1S/C23H22FN3O/c24-21-14-17(7-8-22(21)27-12-10-25-11-13-27)15-23(28)20-6-2-1-5-19(20)18-4-3-9-26-16-18/h1-9,14,16,25H,10-13,15H2. The Labute approximate surface area is 164 Å². The molecule has 5 heteroatoms. The average molecular weight is 375 g/mol. The zero-order chi connectivity index (χ0) is 19.3. The van der Waals surface area contributed by atoms with Crippen molar-refractivity contribution in [2.24, 2.45) is 0 Å². The van der Waals surface area contributed by atoms with E-state index in [1.54, 1.807) is 18.5 Å². The molecule has 0 bridgehead atoms. The number of nitrogens with zero attached hydrogens (tertiary/aromatic N) is 2. The SMILES string of the molecule is O=C(Cc1ccc(N2CCNCC2)c(F)c1)c1ccccc1-c1cccnc1. The van der Waals surface area contributed by atoms with Crippen LogP contribution >= 0.6 is 0 Å². The van der Waals surface area contributed by atoms with E-state index in [1.165, 1.54) is 6.07 Å². The number of rotatable bonds is 5. The second-order valence-electron chi connectivity index (χ2n) is 6.91. The van der Waals surface area contributed by atoms with Crippen molar-refractivity contribution in [3.8, 4) is 11.1 Å². The number of benzene rings is 2. The van der Waals surface area contributed by atoms with E-state index in [2.05, 4.69) is 10.3 Å². The number of halogens is 1. The number of aromatic nitrogens is 1. The third kappa shape index (κ3) is 3.94. The number of nitrogens with one attached hydrogen (secondary N) is 1. The quantitative estimate of drug-likeness (QED) is 0.691. The van der Waals surface area contributed by atoms with Gasteiger partial charge < -0.3 is 10.2 Å². The number of hydrogen-bond donors (Lipinski definition) is 1. The van der Waals surface area contributed by atoms with Crippen molar-refractivity contribution in [2.45, 2.75) is 6.42 Å². The largest absolute Gasteiger partial charge is 0.367 e. The highest BCUT2D eigenvalue weighted by Gasteiger charge is 2.17. The minimum Gasteiger partial charge on any atom is -0.367 e. The van der Waals surface area contributed by atoms with E-state index in [9.17, 15) is 9.18 Å². The van der Waals surface area contributed by atoms with Crippen LogP contribution in [0.1, 0.15) is 15.9 Å². The molecule has 1 fully saturated rings. The summed E-state index contributed by atoms with van der Waals surface area (Å²) in [6, 6.07) is 16.4. The first-order valence-electron chi connectivity index (χ1n) is 9.49. The Balaban J connectivity index is 1.55. The van der Waals surface area contributed by atoms with Crippen LogP contribution in [-0.4, -0.2) is 36.9 Å². The van der Waals surface area contributed by atoms with E-state index in [0.717, 1.165) is 37.3 Å². The highest BCUT2D eigenvalue weighted by Crippen LogP contribution is 2.25. The Morgan fingerprint density at radius 2 is 1.89 bits per heavy atom. The van der Waals surface area contributed by atoms with E-state index in [1.807, 2.05) is 47.4 Å². The van der Waals surface area contributed by atoms with Gasteiger partial charge in [0.05, 0.1) is 5.69 Å². The molecule has 0 saturated carbocycles. The summed E-state index contributed by atoms with van der Waals surface area (Å²) < 4.78 is 14.7. The molecule has 0 unspecified atom stereocenters. The summed E-state index contributed by atoms with van der Waals surface area (Å²) in [7, 11) is 0. The van der Waals surface area contributed by atoms with E-state index in [4.69, 9.17) is 0 Å². The maximum Gasteiger partial charge on any atom is 0.167 e. The third-order valence-corrected chi connectivity index (χ3v) is 5.03. The van der Waals surface area contributed by atoms with Crippen LogP contribution in [0.15, 0.2) is 67.0 Å². The molecule has 2 heterocycles. The number of pyridine rings is 1. The topological polar surface area (TPSA) is 45.2 Å². The highest BCUT2D eigenvalue weighted by molar-refractivity contribution is 6.03. The van der Waals surface area contributed by atoms with E-state index in [0.29, 0.717) is 16.8 Å². The first-order valence-corrected chi connectivity index (χ1v) is 9.49. The molecule has 1 aliphatic rings. The number of Topliss-reactive ketones (excluding diaryl/α,β-unsaturated/α-hetero) is 1. The monoisotopic (exact) mass is 375 g/mol. The summed E-state index contributed by atoms with van der Waals surface area (Å²) >= 11 is 0. The lowest BCUT2D eigenvalue weighted by Gasteiger charge is -2.29. The molecule has 4 nitrogen and oxygen atoms in total. The number of ketones is 1. The first-order chi connectivity index (χ1) is 13.7. The highest BCUT2D eigenvalue weighted by atomic mass is 19.1. The Bertz CT molecular complexity index is 969. The number of carbonyl (C=O) groups excluding carboxylic acids is 1. The third-order valence-electron chi connectivity index (χ3n) is 5.03. The Morgan fingerprint density at radius 1 is 1.07 bits per heavy atom. The summed E-state index contributed by atoms with van der Waals surface area (Å²) in [5.74, 6) is -0.304. The molecule has 3 aromatic rings. The first kappa shape index (κ1) is 18.3. The fraction of sp³-hybridized carbons (Fsp3) is 0.217. The summed E-state index contributed by atoms with van der Waals surface area (Å²) in [5.41, 5.74) is 3.66. The Morgan fingerprint density at radius 3 is 2.64 bits per heavy atom. The van der Waals surface area contributed by atoms with Crippen molar-refractivity contribution in [1.29, 1.82) is 0 Å². The molecule has 4 rings (SSSR count). The van der Waals surface area contributed by atoms with Gasteiger partial charge in [-0.1, -0.05) is 36.4 Å². The molecule has 0 radical (unpaired) electrons. The lowest BCUT2D eigenvalue weighted by Crippen LogP contribution is -2.43. The van der Waals surface area contributed by atoms with Crippen LogP contribution in [0.5, 0.6) is 0 Å². The molecule has 1 saturated heterocycles. The molecule has 0 amide bonds. The molecular weight excluding hydrogens is 353 g/mol. The molecule has 1 N–H and O–H groups in total. The van der Waals surface area contributed by atoms with Crippen LogP contribution < -0.4 is 10.2 Å². The second kappa shape index (κ2) is 8.31. The summed E-state index contributed by atoms with van der Waals surface area (Å²) in [4.78, 5) is 19.1. The van der Waals surface area contributed by atoms with Gasteiger partial charge in [0.25, 0.3) is 0 Å². The van der Waals surface area contributed by atoms with Gasteiger partial charge >= 0.3 is 0 Å². The van der Waals surface area contributed by atoms with Gasteiger partial charge in [0.15, 0.2) is 5.78 Å². The molecule has 0 spiro atoms. The van der Waals surface area contributed by atoms with E-state index in [-0.39, 0.29) is 18.0 Å². The molecule has 0 aliphatic carbocycles. The molecule has 142 valence electrons. The van der Waals surface area contributed by atoms with Crippen molar-refractivity contribution in [3.63, 3.8) is 0 Å². The Kier molecular flexibility index (Phi) is 5.44. The molecule has 28 heavy (non-hydrogen) atoms. The smallest absolute Gasteiger partial charge is 0.167 e. The van der Waals surface area contributed by atoms with Crippen LogP contribution in [0.25, 0.3) is 11.1 Å². The number of anilines is 1. The van der Waals surface area contributed by atoms with Gasteiger partial charge in [0.1, 0.15) is 5.82 Å². The molecule has 2 aromatic carbocycles. The number of hydrogen-bond acceptors (Lipinski definition) is 4. The van der Waals surface area contributed by atoms with Crippen LogP contribution in [0.3, 0.4) is 0 Å². The van der Waals surface area contributed by atoms with Crippen molar-refractivity contribution in [1.82, 2.24) is 10.3 Å². The lowest BCUT2D eigenvalue weighted by atomic mass is 9.95. The molecular formula is C23H22FN3O. The van der Waals surface area contributed by atoms with Crippen LogP contribution in [0.2, 0.25) is 0 Å².